The van der Waals surface area contributed by atoms with Gasteiger partial charge in [0.2, 0.25) is 5.91 Å². The van der Waals surface area contributed by atoms with Gasteiger partial charge in [-0.15, -0.1) is 11.8 Å². The predicted octanol–water partition coefficient (Wildman–Crippen LogP) is 4.18. The number of hydrogen-bond donors (Lipinski definition) is 2. The van der Waals surface area contributed by atoms with E-state index in [1.54, 1.807) is 18.7 Å². The number of nitrogens with one attached hydrogen (secondary N) is 2. The van der Waals surface area contributed by atoms with Crippen LogP contribution in [0.15, 0.2) is 71.6 Å². The molecule has 0 saturated heterocycles. The van der Waals surface area contributed by atoms with Crippen LogP contribution in [0.5, 0.6) is 0 Å². The first-order valence-corrected chi connectivity index (χ1v) is 10.2. The minimum atomic E-state index is -0.827. The van der Waals surface area contributed by atoms with E-state index in [9.17, 15) is 9.59 Å². The van der Waals surface area contributed by atoms with Crippen LogP contribution in [0.2, 0.25) is 0 Å². The lowest BCUT2D eigenvalue weighted by Crippen LogP contribution is -2.36. The summed E-state index contributed by atoms with van der Waals surface area (Å²) in [6, 6.07) is 21.3. The van der Waals surface area contributed by atoms with Gasteiger partial charge in [0.1, 0.15) is 0 Å². The van der Waals surface area contributed by atoms with Gasteiger partial charge in [-0.3, -0.25) is 14.4 Å². The molecule has 2 N–H and O–H groups in total. The molecule has 0 aliphatic heterocycles. The number of thioether (sulfide) groups is 1. The van der Waals surface area contributed by atoms with Gasteiger partial charge in [0.25, 0.3) is 5.91 Å². The topological polar surface area (TPSA) is 67.4 Å². The molecule has 28 heavy (non-hydrogen) atoms. The van der Waals surface area contributed by atoms with E-state index < -0.39 is 6.10 Å². The monoisotopic (exact) mass is 394 g/mol. The highest BCUT2D eigenvalue weighted by Gasteiger charge is 2.17. The summed E-state index contributed by atoms with van der Waals surface area (Å²) in [5.41, 5.74) is 4.01. The Kier molecular flexibility index (Phi) is 6.68. The van der Waals surface area contributed by atoms with Crippen molar-refractivity contribution in [2.75, 3.05) is 11.6 Å². The lowest BCUT2D eigenvalue weighted by atomic mass is 10.0. The van der Waals surface area contributed by atoms with E-state index in [0.717, 1.165) is 26.9 Å². The van der Waals surface area contributed by atoms with Crippen LogP contribution in [0.25, 0.3) is 10.8 Å². The predicted molar refractivity (Wildman–Crippen MR) is 113 cm³/mol. The normalized spacial score (nSPS) is 11.8. The maximum absolute atomic E-state index is 12.3. The van der Waals surface area contributed by atoms with Gasteiger partial charge in [-0.25, -0.2) is 5.48 Å². The first-order valence-electron chi connectivity index (χ1n) is 8.93. The fraction of sp³-hybridized carbons (Fsp3) is 0.182. The molecule has 0 heterocycles. The average molecular weight is 394 g/mol. The van der Waals surface area contributed by atoms with Crippen molar-refractivity contribution in [3.63, 3.8) is 0 Å². The zero-order valence-electron chi connectivity index (χ0n) is 15.8. The van der Waals surface area contributed by atoms with Gasteiger partial charge in [-0.05, 0) is 41.6 Å². The van der Waals surface area contributed by atoms with Crippen LogP contribution in [-0.4, -0.2) is 24.2 Å². The number of amides is 2. The fourth-order valence-corrected chi connectivity index (χ4v) is 3.40. The van der Waals surface area contributed by atoms with Crippen LogP contribution in [-0.2, 0) is 20.8 Å². The van der Waals surface area contributed by atoms with Gasteiger partial charge in [-0.1, -0.05) is 54.6 Å². The molecule has 5 nitrogen and oxygen atoms in total. The Balaban J connectivity index is 1.55. The summed E-state index contributed by atoms with van der Waals surface area (Å²) >= 11 is 1.54. The van der Waals surface area contributed by atoms with Crippen molar-refractivity contribution in [3.05, 3.63) is 72.3 Å². The zero-order valence-corrected chi connectivity index (χ0v) is 16.6. The van der Waals surface area contributed by atoms with Crippen molar-refractivity contribution in [1.29, 1.82) is 0 Å². The van der Waals surface area contributed by atoms with Gasteiger partial charge >= 0.3 is 0 Å². The van der Waals surface area contributed by atoms with Crippen LogP contribution in [0.4, 0.5) is 5.69 Å². The Morgan fingerprint density at radius 3 is 2.54 bits per heavy atom. The maximum Gasteiger partial charge on any atom is 0.255 e. The van der Waals surface area contributed by atoms with Gasteiger partial charge in [0.15, 0.2) is 6.10 Å². The van der Waals surface area contributed by atoms with Crippen molar-refractivity contribution < 1.29 is 14.4 Å². The number of hydroxylamine groups is 1. The summed E-state index contributed by atoms with van der Waals surface area (Å²) < 4.78 is 0. The summed E-state index contributed by atoms with van der Waals surface area (Å²) in [5, 5.41) is 4.93. The van der Waals surface area contributed by atoms with Crippen molar-refractivity contribution in [2.45, 2.75) is 24.3 Å². The quantitative estimate of drug-likeness (QED) is 0.466. The molecule has 0 radical (unpaired) electrons. The number of benzene rings is 3. The second-order valence-corrected chi connectivity index (χ2v) is 7.14. The molecular weight excluding hydrogens is 372 g/mol. The van der Waals surface area contributed by atoms with E-state index in [2.05, 4.69) is 10.8 Å². The van der Waals surface area contributed by atoms with E-state index in [0.29, 0.717) is 0 Å². The molecule has 1 atom stereocenters. The summed E-state index contributed by atoms with van der Waals surface area (Å²) in [7, 11) is 0. The number of fused-ring (bicyclic) bond motifs is 1. The average Bonchev–Trinajstić information content (AvgIpc) is 2.72. The molecule has 0 fully saturated rings. The van der Waals surface area contributed by atoms with Crippen LogP contribution < -0.4 is 10.8 Å². The largest absolute Gasteiger partial charge is 0.323 e. The minimum absolute atomic E-state index is 0.172. The molecule has 144 valence electrons. The van der Waals surface area contributed by atoms with Crippen molar-refractivity contribution in [1.82, 2.24) is 5.48 Å². The number of carbonyl (C=O) groups is 2. The highest BCUT2D eigenvalue weighted by molar-refractivity contribution is 7.98. The Bertz CT molecular complexity index is 985. The number of para-hydroxylation sites is 1. The number of hydrogen-bond acceptors (Lipinski definition) is 4. The van der Waals surface area contributed by atoms with Crippen LogP contribution in [0.1, 0.15) is 12.5 Å². The summed E-state index contributed by atoms with van der Waals surface area (Å²) in [6.07, 6.45) is 1.29. The van der Waals surface area contributed by atoms with Crippen molar-refractivity contribution >= 4 is 40.0 Å². The van der Waals surface area contributed by atoms with Crippen LogP contribution in [0, 0.1) is 0 Å². The molecule has 3 aromatic rings. The summed E-state index contributed by atoms with van der Waals surface area (Å²) in [6.45, 7) is 1.59. The van der Waals surface area contributed by atoms with Crippen LogP contribution >= 0.6 is 11.8 Å². The van der Waals surface area contributed by atoms with Gasteiger partial charge < -0.3 is 5.32 Å². The minimum Gasteiger partial charge on any atom is -0.323 e. The van der Waals surface area contributed by atoms with Crippen LogP contribution in [0.3, 0.4) is 0 Å². The molecule has 1 unspecified atom stereocenters. The third-order valence-corrected chi connectivity index (χ3v) is 5.11. The second kappa shape index (κ2) is 9.39. The smallest absolute Gasteiger partial charge is 0.255 e. The number of anilines is 1. The van der Waals surface area contributed by atoms with Gasteiger partial charge in [0.05, 0.1) is 12.1 Å². The zero-order chi connectivity index (χ0) is 19.9. The number of rotatable bonds is 7. The van der Waals surface area contributed by atoms with E-state index in [1.165, 1.54) is 0 Å². The first-order chi connectivity index (χ1) is 13.6. The summed E-state index contributed by atoms with van der Waals surface area (Å²) in [5.74, 6) is -0.632. The molecule has 0 bridgehead atoms. The third-order valence-electron chi connectivity index (χ3n) is 4.31. The van der Waals surface area contributed by atoms with Crippen molar-refractivity contribution in [3.8, 4) is 0 Å². The first kappa shape index (κ1) is 19.9. The van der Waals surface area contributed by atoms with Crippen molar-refractivity contribution in [2.24, 2.45) is 0 Å². The Morgan fingerprint density at radius 1 is 1.00 bits per heavy atom. The third kappa shape index (κ3) is 4.91. The highest BCUT2D eigenvalue weighted by Crippen LogP contribution is 2.24. The maximum atomic E-state index is 12.3. The Hall–Kier alpha value is -2.83. The van der Waals surface area contributed by atoms with E-state index in [1.807, 2.05) is 73.0 Å². The highest BCUT2D eigenvalue weighted by atomic mass is 32.2. The second-order valence-electron chi connectivity index (χ2n) is 6.29. The Labute approximate surface area is 168 Å². The molecule has 2 amide bonds. The molecule has 0 spiro atoms. The molecule has 3 aromatic carbocycles. The van der Waals surface area contributed by atoms with Gasteiger partial charge in [0, 0.05) is 4.90 Å². The van der Waals surface area contributed by atoms with E-state index in [-0.39, 0.29) is 18.2 Å². The Morgan fingerprint density at radius 2 is 1.71 bits per heavy atom. The molecule has 0 aliphatic carbocycles. The molecule has 0 aliphatic rings. The van der Waals surface area contributed by atoms with E-state index in [4.69, 9.17) is 4.84 Å². The molecule has 3 rings (SSSR count). The summed E-state index contributed by atoms with van der Waals surface area (Å²) in [4.78, 5) is 30.8. The molecule has 6 heteroatoms. The van der Waals surface area contributed by atoms with Gasteiger partial charge in [-0.2, -0.15) is 0 Å². The fourth-order valence-electron chi connectivity index (χ4n) is 2.85. The lowest BCUT2D eigenvalue weighted by molar-refractivity contribution is -0.143. The lowest BCUT2D eigenvalue weighted by Gasteiger charge is -2.15. The molecule has 0 saturated carbocycles. The SMILES string of the molecule is CSc1ccccc1NC(=O)C(C)ONC(=O)Cc1cccc2ccccc12. The standard InChI is InChI=1S/C22H22N2O3S/c1-15(22(26)23-19-12-5-6-13-20(19)28-2)27-24-21(25)14-17-10-7-9-16-8-3-4-11-18(16)17/h3-13,15H,14H2,1-2H3,(H,23,26)(H,24,25). The molecule has 0 aromatic heterocycles. The molecular formula is C22H22N2O3S. The number of carbonyl (C=O) groups excluding carboxylic acids is 2. The van der Waals surface area contributed by atoms with E-state index >= 15 is 0 Å².